The van der Waals surface area contributed by atoms with Crippen LogP contribution in [0.1, 0.15) is 50.4 Å². The van der Waals surface area contributed by atoms with Crippen LogP contribution in [0.3, 0.4) is 0 Å². The van der Waals surface area contributed by atoms with Crippen LogP contribution in [-0.4, -0.2) is 40.8 Å². The van der Waals surface area contributed by atoms with Crippen LogP contribution < -0.4 is 9.64 Å². The van der Waals surface area contributed by atoms with Gasteiger partial charge in [-0.3, -0.25) is 9.88 Å². The van der Waals surface area contributed by atoms with Gasteiger partial charge in [-0.15, -0.1) is 0 Å². The number of aromatic nitrogens is 3. The van der Waals surface area contributed by atoms with Crippen LogP contribution in [0.15, 0.2) is 30.7 Å². The van der Waals surface area contributed by atoms with E-state index in [-0.39, 0.29) is 6.01 Å². The normalized spacial score (nSPS) is 14.9. The molecule has 9 heteroatoms. The summed E-state index contributed by atoms with van der Waals surface area (Å²) in [5.41, 5.74) is 4.14. The maximum atomic E-state index is 15.0. The number of ether oxygens (including phenoxy) is 2. The van der Waals surface area contributed by atoms with Gasteiger partial charge >= 0.3 is 12.1 Å². The second kappa shape index (κ2) is 8.26. The average Bonchev–Trinajstić information content (AvgIpc) is 3.55. The third kappa shape index (κ3) is 3.92. The number of hydrogen-bond donors (Lipinski definition) is 0. The summed E-state index contributed by atoms with van der Waals surface area (Å²) in [6.07, 6.45) is 6.21. The molecule has 2 aromatic heterocycles. The van der Waals surface area contributed by atoms with E-state index in [2.05, 4.69) is 16.0 Å². The number of benzene rings is 1. The number of fused-ring (bicyclic) bond motifs is 3. The number of amides is 1. The van der Waals surface area contributed by atoms with Gasteiger partial charge in [0.15, 0.2) is 0 Å². The number of halogens is 1. The molecule has 0 radical (unpaired) electrons. The minimum Gasteiger partial charge on any atom is -0.467 e. The Kier molecular flexibility index (Phi) is 5.43. The molecule has 5 rings (SSSR count). The zero-order chi connectivity index (χ0) is 25.8. The Hall–Kier alpha value is -4.06. The summed E-state index contributed by atoms with van der Waals surface area (Å²) < 4.78 is 25.6. The van der Waals surface area contributed by atoms with Crippen LogP contribution in [0.25, 0.3) is 22.3 Å². The van der Waals surface area contributed by atoms with E-state index in [0.29, 0.717) is 36.1 Å². The fourth-order valence-corrected chi connectivity index (χ4v) is 4.72. The first kappa shape index (κ1) is 23.7. The lowest BCUT2D eigenvalue weighted by Crippen LogP contribution is -2.34. The molecule has 0 saturated heterocycles. The maximum Gasteiger partial charge on any atom is 0.414 e. The molecule has 1 saturated carbocycles. The summed E-state index contributed by atoms with van der Waals surface area (Å²) >= 11 is 0. The predicted molar refractivity (Wildman–Crippen MR) is 131 cm³/mol. The maximum absolute atomic E-state index is 15.0. The number of carbonyl (C=O) groups is 1. The molecule has 0 bridgehead atoms. The lowest BCUT2D eigenvalue weighted by atomic mass is 9.85. The molecule has 0 unspecified atom stereocenters. The van der Waals surface area contributed by atoms with Crippen LogP contribution in [-0.2, 0) is 16.6 Å². The van der Waals surface area contributed by atoms with E-state index < -0.39 is 22.9 Å². The highest BCUT2D eigenvalue weighted by Gasteiger charge is 2.49. The molecule has 2 aliphatic rings. The van der Waals surface area contributed by atoms with Crippen molar-refractivity contribution in [2.75, 3.05) is 19.1 Å². The number of hydrogen-bond acceptors (Lipinski definition) is 7. The van der Waals surface area contributed by atoms with E-state index in [9.17, 15) is 10.1 Å². The van der Waals surface area contributed by atoms with Gasteiger partial charge in [-0.2, -0.15) is 5.26 Å². The molecular formula is C27H26FN5O3. The first-order valence-corrected chi connectivity index (χ1v) is 11.7. The van der Waals surface area contributed by atoms with Gasteiger partial charge in [0, 0.05) is 48.7 Å². The number of anilines is 1. The van der Waals surface area contributed by atoms with Crippen molar-refractivity contribution in [3.05, 3.63) is 53.4 Å². The van der Waals surface area contributed by atoms with Crippen molar-refractivity contribution in [2.45, 2.75) is 51.0 Å². The van der Waals surface area contributed by atoms with Gasteiger partial charge in [0.25, 0.3) is 0 Å². The van der Waals surface area contributed by atoms with Crippen LogP contribution >= 0.6 is 0 Å². The predicted octanol–water partition coefficient (Wildman–Crippen LogP) is 5.18. The van der Waals surface area contributed by atoms with Crippen LogP contribution in [0, 0.1) is 17.1 Å². The molecule has 2 aliphatic carbocycles. The second-order valence-corrected chi connectivity index (χ2v) is 10.2. The van der Waals surface area contributed by atoms with Crippen molar-refractivity contribution in [3.63, 3.8) is 0 Å². The fraction of sp³-hybridized carbons (Fsp3) is 0.370. The summed E-state index contributed by atoms with van der Waals surface area (Å²) in [6.45, 7) is 5.34. The Balaban J connectivity index is 1.69. The number of nitriles is 1. The molecule has 184 valence electrons. The molecule has 8 nitrogen and oxygen atoms in total. The summed E-state index contributed by atoms with van der Waals surface area (Å²) in [4.78, 5) is 27.3. The highest BCUT2D eigenvalue weighted by Crippen LogP contribution is 2.57. The zero-order valence-corrected chi connectivity index (χ0v) is 20.8. The molecular weight excluding hydrogens is 461 g/mol. The standard InChI is InChI=1S/C27H26FN5O3/c1-26(2,3)36-25(34)33(4)21-9-16(28)8-18-17(21)10-20-22(18)23(27(14-29)6-7-27)19(13-30-20)15-11-31-24(35-5)32-12-15/h8-9,11-13H,6-7,10H2,1-5H3. The number of pyridine rings is 1. The van der Waals surface area contributed by atoms with Crippen LogP contribution in [0.5, 0.6) is 6.01 Å². The number of rotatable bonds is 4. The van der Waals surface area contributed by atoms with Crippen molar-refractivity contribution >= 4 is 11.8 Å². The molecule has 0 spiro atoms. The van der Waals surface area contributed by atoms with Gasteiger partial charge in [0.2, 0.25) is 0 Å². The number of carbonyl (C=O) groups excluding carboxylic acids is 1. The van der Waals surface area contributed by atoms with Crippen molar-refractivity contribution in [2.24, 2.45) is 0 Å². The highest BCUT2D eigenvalue weighted by atomic mass is 19.1. The van der Waals surface area contributed by atoms with Gasteiger partial charge in [-0.25, -0.2) is 19.2 Å². The van der Waals surface area contributed by atoms with Crippen molar-refractivity contribution in [1.29, 1.82) is 5.26 Å². The van der Waals surface area contributed by atoms with Crippen molar-refractivity contribution in [3.8, 4) is 34.3 Å². The van der Waals surface area contributed by atoms with Crippen LogP contribution in [0.2, 0.25) is 0 Å². The van der Waals surface area contributed by atoms with Gasteiger partial charge in [0.05, 0.1) is 30.0 Å². The molecule has 1 amide bonds. The quantitative estimate of drug-likeness (QED) is 0.391. The highest BCUT2D eigenvalue weighted by molar-refractivity contribution is 5.94. The van der Waals surface area contributed by atoms with Gasteiger partial charge in [0.1, 0.15) is 11.4 Å². The molecule has 0 atom stereocenters. The van der Waals surface area contributed by atoms with E-state index in [1.165, 1.54) is 24.1 Å². The Labute approximate surface area is 208 Å². The number of nitrogens with zero attached hydrogens (tertiary/aromatic N) is 5. The zero-order valence-electron chi connectivity index (χ0n) is 20.8. The second-order valence-electron chi connectivity index (χ2n) is 10.2. The Morgan fingerprint density at radius 2 is 1.83 bits per heavy atom. The SMILES string of the molecule is COc1ncc(-c2cnc3c(c2C2(C#N)CC2)-c2cc(F)cc(N(C)C(=O)OC(C)(C)C)c2C3)cn1. The van der Waals surface area contributed by atoms with Gasteiger partial charge in [-0.05, 0) is 62.4 Å². The molecule has 36 heavy (non-hydrogen) atoms. The first-order chi connectivity index (χ1) is 17.1. The topological polar surface area (TPSA) is 101 Å². The minimum absolute atomic E-state index is 0.234. The molecule has 2 heterocycles. The van der Waals surface area contributed by atoms with E-state index in [1.54, 1.807) is 46.4 Å². The van der Waals surface area contributed by atoms with Gasteiger partial charge in [-0.1, -0.05) is 0 Å². The average molecular weight is 488 g/mol. The summed E-state index contributed by atoms with van der Waals surface area (Å²) in [7, 11) is 3.06. The third-order valence-corrected chi connectivity index (χ3v) is 6.56. The lowest BCUT2D eigenvalue weighted by Gasteiger charge is -2.26. The fourth-order valence-electron chi connectivity index (χ4n) is 4.72. The Morgan fingerprint density at radius 3 is 2.42 bits per heavy atom. The largest absolute Gasteiger partial charge is 0.467 e. The van der Waals surface area contributed by atoms with Crippen molar-refractivity contribution in [1.82, 2.24) is 15.0 Å². The molecule has 3 aromatic rings. The Morgan fingerprint density at radius 1 is 1.14 bits per heavy atom. The summed E-state index contributed by atoms with van der Waals surface area (Å²) in [6, 6.07) is 5.52. The molecule has 1 aromatic carbocycles. The third-order valence-electron chi connectivity index (χ3n) is 6.56. The van der Waals surface area contributed by atoms with E-state index in [1.807, 2.05) is 0 Å². The van der Waals surface area contributed by atoms with E-state index in [4.69, 9.17) is 14.5 Å². The van der Waals surface area contributed by atoms with Crippen LogP contribution in [0.4, 0.5) is 14.9 Å². The monoisotopic (exact) mass is 487 g/mol. The van der Waals surface area contributed by atoms with Crippen molar-refractivity contribution < 1.29 is 18.7 Å². The number of methoxy groups -OCH3 is 1. The van der Waals surface area contributed by atoms with E-state index in [0.717, 1.165) is 27.9 Å². The minimum atomic E-state index is -0.701. The molecule has 0 aliphatic heterocycles. The van der Waals surface area contributed by atoms with Gasteiger partial charge < -0.3 is 9.47 Å². The Bertz CT molecular complexity index is 1420. The smallest absolute Gasteiger partial charge is 0.414 e. The van der Waals surface area contributed by atoms with E-state index >= 15 is 4.39 Å². The summed E-state index contributed by atoms with van der Waals surface area (Å²) in [5.74, 6) is -0.488. The summed E-state index contributed by atoms with van der Waals surface area (Å²) in [5, 5.41) is 10.2. The molecule has 1 fully saturated rings. The lowest BCUT2D eigenvalue weighted by molar-refractivity contribution is 0.0589. The first-order valence-electron chi connectivity index (χ1n) is 11.7. The molecule has 0 N–H and O–H groups in total.